The fraction of sp³-hybridized carbons (Fsp3) is 0.933. The van der Waals surface area contributed by atoms with E-state index in [4.69, 9.17) is 0 Å². The van der Waals surface area contributed by atoms with Crippen LogP contribution in [0.4, 0.5) is 0 Å². The number of unbranched alkanes of at least 4 members (excludes halogenated alkanes) is 1. The minimum Gasteiger partial charge on any atom is -0.343 e. The zero-order valence-electron chi connectivity index (χ0n) is 89.3. The molecule has 0 aliphatic heterocycles. The van der Waals surface area contributed by atoms with Crippen molar-refractivity contribution < 1.29 is 38.4 Å². The van der Waals surface area contributed by atoms with Gasteiger partial charge in [-0.05, 0) is 252 Å². The first kappa shape index (κ1) is 113. The second-order valence-corrected chi connectivity index (χ2v) is 47.2. The highest BCUT2D eigenvalue weighted by molar-refractivity contribution is 5.83. The van der Waals surface area contributed by atoms with E-state index in [9.17, 15) is 38.4 Å². The molecule has 8 amide bonds. The molecule has 0 radical (unpaired) electrons. The van der Waals surface area contributed by atoms with Crippen molar-refractivity contribution in [2.75, 3.05) is 40.8 Å². The van der Waals surface area contributed by atoms with Gasteiger partial charge in [-0.3, -0.25) is 38.4 Å². The normalized spacial score (nSPS) is 24.8. The molecule has 16 fully saturated rings. The van der Waals surface area contributed by atoms with E-state index in [0.29, 0.717) is 143 Å². The minimum absolute atomic E-state index is 0.266. The number of amides is 8. The second-order valence-electron chi connectivity index (χ2n) is 47.2. The second kappa shape index (κ2) is 64.4. The number of nitrogens with zero attached hydrogens (tertiary/aromatic N) is 8. The third-order valence-electron chi connectivity index (χ3n) is 37.0. The maximum Gasteiger partial charge on any atom is 0.226 e. The predicted molar refractivity (Wildman–Crippen MR) is 560 cm³/mol. The predicted octanol–water partition coefficient (Wildman–Crippen LogP) is 29.3. The third-order valence-corrected chi connectivity index (χ3v) is 37.0. The van der Waals surface area contributed by atoms with Gasteiger partial charge in [0.1, 0.15) is 0 Å². The molecule has 16 aliphatic rings. The molecule has 16 nitrogen and oxygen atoms in total. The van der Waals surface area contributed by atoms with Crippen LogP contribution in [-0.4, -0.2) is 188 Å². The summed E-state index contributed by atoms with van der Waals surface area (Å²) in [6.45, 7) is 13.9. The third kappa shape index (κ3) is 37.2. The summed E-state index contributed by atoms with van der Waals surface area (Å²) in [7, 11) is 6.06. The van der Waals surface area contributed by atoms with Crippen molar-refractivity contribution >= 4 is 47.3 Å². The smallest absolute Gasteiger partial charge is 0.226 e. The molecule has 0 heterocycles. The molecule has 0 aromatic carbocycles. The average Bonchev–Trinajstić information content (AvgIpc) is 0.816. The molecule has 0 saturated heterocycles. The monoisotopic (exact) mass is 1880 g/mol. The van der Waals surface area contributed by atoms with Crippen LogP contribution in [0.15, 0.2) is 0 Å². The van der Waals surface area contributed by atoms with Gasteiger partial charge in [-0.2, -0.15) is 0 Å². The van der Waals surface area contributed by atoms with Gasteiger partial charge in [-0.25, -0.2) is 0 Å². The summed E-state index contributed by atoms with van der Waals surface area (Å²) in [6.07, 6.45) is 102. The summed E-state index contributed by atoms with van der Waals surface area (Å²) in [4.78, 5) is 120. The molecule has 16 saturated carbocycles. The van der Waals surface area contributed by atoms with Crippen molar-refractivity contribution in [1.82, 2.24) is 39.2 Å². The Hall–Kier alpha value is -4.24. The highest BCUT2D eigenvalue weighted by Gasteiger charge is 2.42. The van der Waals surface area contributed by atoms with Crippen LogP contribution < -0.4 is 0 Å². The minimum atomic E-state index is 0.266. The fourth-order valence-corrected chi connectivity index (χ4v) is 28.5. The first-order valence-electron chi connectivity index (χ1n) is 60.3. The van der Waals surface area contributed by atoms with Crippen LogP contribution in [0.2, 0.25) is 0 Å². The van der Waals surface area contributed by atoms with Crippen LogP contribution in [-0.2, 0) is 38.4 Å². The summed E-state index contributed by atoms with van der Waals surface area (Å²) in [5.41, 5.74) is 0. The van der Waals surface area contributed by atoms with Gasteiger partial charge >= 0.3 is 0 Å². The van der Waals surface area contributed by atoms with Crippen LogP contribution in [0.3, 0.4) is 0 Å². The Morgan fingerprint density at radius 2 is 0.385 bits per heavy atom. The highest BCUT2D eigenvalue weighted by Crippen LogP contribution is 2.41. The quantitative estimate of drug-likeness (QED) is 0.0922. The molecule has 16 rings (SSSR count). The Morgan fingerprint density at radius 1 is 0.193 bits per heavy atom. The summed E-state index contributed by atoms with van der Waals surface area (Å²) < 4.78 is 0. The Balaban J connectivity index is 0.000000164. The molecule has 0 aromatic rings. The zero-order chi connectivity index (χ0) is 95.7. The molecule has 776 valence electrons. The van der Waals surface area contributed by atoms with Gasteiger partial charge in [-0.15, -0.1) is 0 Å². The number of carbonyl (C=O) groups is 8. The molecular formula is C119H212N8O8. The van der Waals surface area contributed by atoms with E-state index < -0.39 is 0 Å². The van der Waals surface area contributed by atoms with Crippen molar-refractivity contribution in [2.45, 2.75) is 622 Å². The van der Waals surface area contributed by atoms with Gasteiger partial charge in [0.2, 0.25) is 47.3 Å². The maximum absolute atomic E-state index is 13.2. The van der Waals surface area contributed by atoms with E-state index >= 15 is 0 Å². The van der Waals surface area contributed by atoms with E-state index in [1.807, 2.05) is 21.1 Å². The van der Waals surface area contributed by atoms with E-state index in [1.54, 1.807) is 0 Å². The molecule has 0 spiro atoms. The Kier molecular flexibility index (Phi) is 53.8. The molecule has 0 atom stereocenters. The van der Waals surface area contributed by atoms with Crippen LogP contribution in [0, 0.1) is 47.3 Å². The molecule has 0 bridgehead atoms. The maximum atomic E-state index is 13.2. The van der Waals surface area contributed by atoms with Crippen molar-refractivity contribution in [1.29, 1.82) is 0 Å². The largest absolute Gasteiger partial charge is 0.343 e. The lowest BCUT2D eigenvalue weighted by molar-refractivity contribution is -0.144. The fourth-order valence-electron chi connectivity index (χ4n) is 28.5. The van der Waals surface area contributed by atoms with E-state index in [-0.39, 0.29) is 11.8 Å². The van der Waals surface area contributed by atoms with Gasteiger partial charge in [0.25, 0.3) is 0 Å². The van der Waals surface area contributed by atoms with E-state index in [2.05, 4.69) is 73.8 Å². The van der Waals surface area contributed by atoms with Crippen molar-refractivity contribution in [2.24, 2.45) is 47.3 Å². The number of hydrogen-bond donors (Lipinski definition) is 0. The first-order valence-corrected chi connectivity index (χ1v) is 60.3. The molecule has 0 N–H and O–H groups in total. The van der Waals surface area contributed by atoms with Gasteiger partial charge in [-0.1, -0.05) is 309 Å². The zero-order valence-corrected chi connectivity index (χ0v) is 89.3. The van der Waals surface area contributed by atoms with Gasteiger partial charge < -0.3 is 39.2 Å². The molecule has 0 unspecified atom stereocenters. The summed E-state index contributed by atoms with van der Waals surface area (Å²) >= 11 is 0. The van der Waals surface area contributed by atoms with E-state index in [1.165, 1.54) is 392 Å². The Bertz CT molecular complexity index is 3150. The van der Waals surface area contributed by atoms with Crippen molar-refractivity contribution in [3.63, 3.8) is 0 Å². The number of carbonyl (C=O) groups excluding carboxylic acids is 8. The number of rotatable bonds is 24. The van der Waals surface area contributed by atoms with Crippen molar-refractivity contribution in [3.8, 4) is 0 Å². The number of hydrogen-bond acceptors (Lipinski definition) is 8. The lowest BCUT2D eigenvalue weighted by Gasteiger charge is -2.43. The molecule has 16 heteroatoms. The van der Waals surface area contributed by atoms with Crippen LogP contribution in [0.5, 0.6) is 0 Å². The van der Waals surface area contributed by atoms with Crippen LogP contribution >= 0.6 is 0 Å². The SMILES string of the molecule is CC(C)N(C(=O)C1CCCCC1)C1CCCCC1.CCCCN(C(=O)C1CCCCC1)C1CCCCC1.CCCN(C(=O)C1CCCCC1)C1CCCCC1.CCN(C(=O)C1CCCCC1)C1CCCCC1.CN(C(=O)C1CCCCC1)C1CCC(N(C)C(=O)C2CCCCC2)CC1.CN(C(=O)C1CCCCC1)C1CCCCC1.O=C(C1CCCCC1)N(C1CCCCC1)C1CCCCC1. The van der Waals surface area contributed by atoms with Gasteiger partial charge in [0.15, 0.2) is 0 Å². The van der Waals surface area contributed by atoms with Gasteiger partial charge in [0.05, 0.1) is 0 Å². The van der Waals surface area contributed by atoms with Gasteiger partial charge in [0, 0.05) is 149 Å². The summed E-state index contributed by atoms with van der Waals surface area (Å²) in [6, 6.07) is 5.05. The molecule has 0 aromatic heterocycles. The summed E-state index contributed by atoms with van der Waals surface area (Å²) in [5.74, 6) is 6.31. The topological polar surface area (TPSA) is 162 Å². The van der Waals surface area contributed by atoms with Crippen LogP contribution in [0.1, 0.15) is 561 Å². The lowest BCUT2D eigenvalue weighted by Crippen LogP contribution is -2.51. The molecular weight excluding hydrogens is 1670 g/mol. The highest BCUT2D eigenvalue weighted by atomic mass is 16.2. The lowest BCUT2D eigenvalue weighted by atomic mass is 9.84. The Labute approximate surface area is 829 Å². The summed E-state index contributed by atoms with van der Waals surface area (Å²) in [5, 5.41) is 0. The standard InChI is InChI=1S/C22H38N2O2.C19H33NO.C17H31NO.2C16H29NO.C15H27NO.C14H25NO/c1-23(21(25)17-9-5-3-6-10-17)19-13-15-20(16-14-19)24(2)22(26)18-11-7-4-8-12-18;21-19(16-10-4-1-5-11-16)20(17-12-6-2-7-13-17)18-14-8-3-9-15-18;1-2-3-14-18(16-12-8-5-9-13-16)17(19)15-10-6-4-7-11-15;1-13(2)17(15-11-7-4-8-12-15)16(18)14-9-5-3-6-10-14;1-2-13-17(15-11-7-4-8-12-15)16(18)14-9-5-3-6-10-14;1-2-16(14-11-7-4-8-12-14)15(17)13-9-5-3-6-10-13;1-15(13-10-6-3-7-11-13)14(16)12-8-4-2-5-9-12/h17-20H,3-16H2,1-2H3;16-18H,1-15H2;15-16H,2-14H2,1H3;13-15H,3-12H2,1-2H3;14-15H,2-13H2,1H3;13-14H,2-12H2,1H3;12-13H,2-11H2,1H3. The van der Waals surface area contributed by atoms with E-state index in [0.717, 1.165) is 154 Å². The molecule has 135 heavy (non-hydrogen) atoms. The first-order chi connectivity index (χ1) is 65.9. The van der Waals surface area contributed by atoms with Crippen molar-refractivity contribution in [3.05, 3.63) is 0 Å². The average molecular weight is 1880 g/mol. The van der Waals surface area contributed by atoms with Crippen LogP contribution in [0.25, 0.3) is 0 Å². The Morgan fingerprint density at radius 3 is 0.630 bits per heavy atom. The molecule has 16 aliphatic carbocycles.